The van der Waals surface area contributed by atoms with Gasteiger partial charge in [0.2, 0.25) is 5.91 Å². The summed E-state index contributed by atoms with van der Waals surface area (Å²) in [5, 5.41) is 20.4. The summed E-state index contributed by atoms with van der Waals surface area (Å²) < 4.78 is 5.04. The Labute approximate surface area is 118 Å². The highest BCUT2D eigenvalue weighted by molar-refractivity contribution is 5.79. The molecule has 1 aromatic rings. The summed E-state index contributed by atoms with van der Waals surface area (Å²) >= 11 is 0. The number of hydrogen-bond donors (Lipinski definition) is 3. The van der Waals surface area contributed by atoms with Crippen molar-refractivity contribution in [2.45, 2.75) is 45.1 Å². The number of aryl methyl sites for hydroxylation is 2. The molecule has 0 spiro atoms. The molecule has 2 rings (SSSR count). The zero-order valence-electron chi connectivity index (χ0n) is 12.2. The molecule has 1 aromatic heterocycles. The fraction of sp³-hybridized carbons (Fsp3) is 0.714. The molecule has 1 fully saturated rings. The largest absolute Gasteiger partial charge is 0.388 e. The lowest BCUT2D eigenvalue weighted by Gasteiger charge is -2.26. The van der Waals surface area contributed by atoms with Crippen LogP contribution in [-0.4, -0.2) is 41.4 Å². The van der Waals surface area contributed by atoms with E-state index in [1.165, 1.54) is 0 Å². The number of rotatable bonds is 4. The Morgan fingerprint density at radius 3 is 2.95 bits per heavy atom. The lowest BCUT2D eigenvalue weighted by atomic mass is 9.95. The normalized spacial score (nSPS) is 23.4. The van der Waals surface area contributed by atoms with E-state index >= 15 is 0 Å². The molecule has 1 aliphatic heterocycles. The number of aliphatic hydroxyl groups is 1. The van der Waals surface area contributed by atoms with Crippen LogP contribution in [0.5, 0.6) is 0 Å². The average molecular weight is 281 g/mol. The molecule has 6 heteroatoms. The molecule has 1 amide bonds. The minimum atomic E-state index is -0.794. The molecule has 1 saturated heterocycles. The SMILES string of the molecule is Cc1noc(C)c1CC(=O)NCC1(O)CCCNCC1. The topological polar surface area (TPSA) is 87.4 Å². The van der Waals surface area contributed by atoms with Crippen LogP contribution in [0.2, 0.25) is 0 Å². The van der Waals surface area contributed by atoms with Crippen LogP contribution in [0.1, 0.15) is 36.3 Å². The first-order valence-electron chi connectivity index (χ1n) is 7.12. The molecule has 3 N–H and O–H groups in total. The van der Waals surface area contributed by atoms with Crippen LogP contribution in [0.25, 0.3) is 0 Å². The molecule has 2 heterocycles. The number of hydrogen-bond acceptors (Lipinski definition) is 5. The zero-order chi connectivity index (χ0) is 14.6. The Hall–Kier alpha value is -1.40. The number of aromatic nitrogens is 1. The maximum atomic E-state index is 12.0. The van der Waals surface area contributed by atoms with Gasteiger partial charge in [0.15, 0.2) is 0 Å². The molecule has 0 aromatic carbocycles. The quantitative estimate of drug-likeness (QED) is 0.746. The van der Waals surface area contributed by atoms with Crippen LogP contribution in [0.3, 0.4) is 0 Å². The second kappa shape index (κ2) is 6.37. The van der Waals surface area contributed by atoms with E-state index in [0.29, 0.717) is 25.1 Å². The minimum Gasteiger partial charge on any atom is -0.388 e. The van der Waals surface area contributed by atoms with E-state index in [0.717, 1.165) is 30.8 Å². The molecular weight excluding hydrogens is 258 g/mol. The van der Waals surface area contributed by atoms with Crippen LogP contribution in [0.4, 0.5) is 0 Å². The molecule has 1 unspecified atom stereocenters. The van der Waals surface area contributed by atoms with Gasteiger partial charge in [-0.15, -0.1) is 0 Å². The Bertz CT molecular complexity index is 443. The Morgan fingerprint density at radius 1 is 1.45 bits per heavy atom. The van der Waals surface area contributed by atoms with Crippen LogP contribution < -0.4 is 10.6 Å². The molecule has 6 nitrogen and oxygen atoms in total. The maximum Gasteiger partial charge on any atom is 0.224 e. The van der Waals surface area contributed by atoms with Gasteiger partial charge in [0.05, 0.1) is 17.7 Å². The van der Waals surface area contributed by atoms with Gasteiger partial charge in [0.25, 0.3) is 0 Å². The summed E-state index contributed by atoms with van der Waals surface area (Å²) in [7, 11) is 0. The second-order valence-electron chi connectivity index (χ2n) is 5.58. The van der Waals surface area contributed by atoms with E-state index in [-0.39, 0.29) is 12.3 Å². The number of carbonyl (C=O) groups is 1. The number of carbonyl (C=O) groups excluding carboxylic acids is 1. The van der Waals surface area contributed by atoms with Crippen molar-refractivity contribution in [2.24, 2.45) is 0 Å². The van der Waals surface area contributed by atoms with Crippen molar-refractivity contribution >= 4 is 5.91 Å². The van der Waals surface area contributed by atoms with Crippen LogP contribution in [-0.2, 0) is 11.2 Å². The van der Waals surface area contributed by atoms with E-state index in [9.17, 15) is 9.90 Å². The van der Waals surface area contributed by atoms with Gasteiger partial charge in [-0.3, -0.25) is 4.79 Å². The highest BCUT2D eigenvalue weighted by Gasteiger charge is 2.28. The summed E-state index contributed by atoms with van der Waals surface area (Å²) in [6.07, 6.45) is 2.55. The third-order valence-corrected chi connectivity index (χ3v) is 3.90. The van der Waals surface area contributed by atoms with Gasteiger partial charge in [-0.2, -0.15) is 0 Å². The smallest absolute Gasteiger partial charge is 0.224 e. The monoisotopic (exact) mass is 281 g/mol. The van der Waals surface area contributed by atoms with Gasteiger partial charge in [0, 0.05) is 12.1 Å². The number of amides is 1. The van der Waals surface area contributed by atoms with E-state index in [4.69, 9.17) is 4.52 Å². The fourth-order valence-corrected chi connectivity index (χ4v) is 2.53. The first-order chi connectivity index (χ1) is 9.50. The highest BCUT2D eigenvalue weighted by atomic mass is 16.5. The van der Waals surface area contributed by atoms with Crippen molar-refractivity contribution in [1.82, 2.24) is 15.8 Å². The van der Waals surface area contributed by atoms with Gasteiger partial charge in [-0.05, 0) is 46.2 Å². The van der Waals surface area contributed by atoms with Crippen molar-refractivity contribution in [1.29, 1.82) is 0 Å². The Balaban J connectivity index is 1.85. The first-order valence-corrected chi connectivity index (χ1v) is 7.12. The molecule has 0 saturated carbocycles. The van der Waals surface area contributed by atoms with E-state index in [2.05, 4.69) is 15.8 Å². The summed E-state index contributed by atoms with van der Waals surface area (Å²) in [4.78, 5) is 12.0. The highest BCUT2D eigenvalue weighted by Crippen LogP contribution is 2.18. The van der Waals surface area contributed by atoms with Gasteiger partial charge in [0.1, 0.15) is 5.76 Å². The summed E-state index contributed by atoms with van der Waals surface area (Å²) in [5.74, 6) is 0.569. The van der Waals surface area contributed by atoms with Crippen LogP contribution in [0, 0.1) is 13.8 Å². The molecule has 20 heavy (non-hydrogen) atoms. The van der Waals surface area contributed by atoms with Gasteiger partial charge < -0.3 is 20.3 Å². The Morgan fingerprint density at radius 2 is 2.25 bits per heavy atom. The van der Waals surface area contributed by atoms with Crippen molar-refractivity contribution in [3.8, 4) is 0 Å². The van der Waals surface area contributed by atoms with Crippen LogP contribution in [0.15, 0.2) is 4.52 Å². The average Bonchev–Trinajstić information content (AvgIpc) is 2.63. The van der Waals surface area contributed by atoms with E-state index in [1.807, 2.05) is 6.92 Å². The van der Waals surface area contributed by atoms with Gasteiger partial charge in [-0.1, -0.05) is 5.16 Å². The molecule has 0 radical (unpaired) electrons. The molecule has 0 bridgehead atoms. The van der Waals surface area contributed by atoms with Crippen molar-refractivity contribution < 1.29 is 14.4 Å². The number of nitrogens with one attached hydrogen (secondary N) is 2. The standard InChI is InChI=1S/C14H23N3O3/c1-10-12(11(2)20-17-10)8-13(18)16-9-14(19)4-3-6-15-7-5-14/h15,19H,3-9H2,1-2H3,(H,16,18). The summed E-state index contributed by atoms with van der Waals surface area (Å²) in [6, 6.07) is 0. The fourth-order valence-electron chi connectivity index (χ4n) is 2.53. The molecule has 1 atom stereocenters. The first kappa shape index (κ1) is 15.0. The van der Waals surface area contributed by atoms with Crippen molar-refractivity contribution in [3.63, 3.8) is 0 Å². The van der Waals surface area contributed by atoms with Crippen LogP contribution >= 0.6 is 0 Å². The van der Waals surface area contributed by atoms with Gasteiger partial charge in [-0.25, -0.2) is 0 Å². The van der Waals surface area contributed by atoms with Gasteiger partial charge >= 0.3 is 0 Å². The van der Waals surface area contributed by atoms with Crippen molar-refractivity contribution in [3.05, 3.63) is 17.0 Å². The third kappa shape index (κ3) is 3.80. The molecule has 0 aliphatic carbocycles. The van der Waals surface area contributed by atoms with E-state index < -0.39 is 5.60 Å². The minimum absolute atomic E-state index is 0.106. The molecule has 112 valence electrons. The predicted molar refractivity (Wildman–Crippen MR) is 74.4 cm³/mol. The predicted octanol–water partition coefficient (Wildman–Crippen LogP) is 0.455. The lowest BCUT2D eigenvalue weighted by molar-refractivity contribution is -0.121. The molecule has 1 aliphatic rings. The lowest BCUT2D eigenvalue weighted by Crippen LogP contribution is -2.44. The summed E-state index contributed by atoms with van der Waals surface area (Å²) in [6.45, 7) is 5.64. The van der Waals surface area contributed by atoms with E-state index in [1.54, 1.807) is 6.92 Å². The van der Waals surface area contributed by atoms with Crippen molar-refractivity contribution in [2.75, 3.05) is 19.6 Å². The zero-order valence-corrected chi connectivity index (χ0v) is 12.2. The molecular formula is C14H23N3O3. The maximum absolute atomic E-state index is 12.0. The third-order valence-electron chi connectivity index (χ3n) is 3.90. The summed E-state index contributed by atoms with van der Waals surface area (Å²) in [5.41, 5.74) is 0.782. The second-order valence-corrected chi connectivity index (χ2v) is 5.58. The Kier molecular flexibility index (Phi) is 4.77. The number of nitrogens with zero attached hydrogens (tertiary/aromatic N) is 1.